The zero-order valence-electron chi connectivity index (χ0n) is 14.2. The van der Waals surface area contributed by atoms with Gasteiger partial charge in [-0.3, -0.25) is 4.79 Å². The van der Waals surface area contributed by atoms with Crippen LogP contribution in [0.25, 0.3) is 0 Å². The first-order valence-corrected chi connectivity index (χ1v) is 9.12. The molecule has 2 aromatic rings. The number of carbonyl (C=O) groups is 1. The van der Waals surface area contributed by atoms with Crippen molar-refractivity contribution in [2.75, 3.05) is 0 Å². The van der Waals surface area contributed by atoms with Crippen molar-refractivity contribution >= 4 is 15.9 Å². The van der Waals surface area contributed by atoms with Gasteiger partial charge in [0, 0.05) is 18.9 Å². The van der Waals surface area contributed by atoms with Crippen molar-refractivity contribution in [3.05, 3.63) is 48.3 Å². The van der Waals surface area contributed by atoms with E-state index in [1.807, 2.05) is 20.8 Å². The minimum Gasteiger partial charge on any atom is -0.347 e. The molecule has 0 spiro atoms. The number of nitrogens with one attached hydrogen (secondary N) is 1. The number of amides is 1. The van der Waals surface area contributed by atoms with Crippen molar-refractivity contribution < 1.29 is 17.6 Å². The molecule has 1 amide bonds. The number of nitrogens with zero attached hydrogens (tertiary/aromatic N) is 2. The van der Waals surface area contributed by atoms with E-state index in [2.05, 4.69) is 10.3 Å². The van der Waals surface area contributed by atoms with Gasteiger partial charge in [-0.25, -0.2) is 22.9 Å². The van der Waals surface area contributed by atoms with Crippen molar-refractivity contribution in [3.8, 4) is 0 Å². The summed E-state index contributed by atoms with van der Waals surface area (Å²) < 4.78 is 38.7. The van der Waals surface area contributed by atoms with Gasteiger partial charge in [0.05, 0.1) is 22.8 Å². The summed E-state index contributed by atoms with van der Waals surface area (Å²) in [7, 11) is -4.03. The molecular formula is C16H21FN4O3S. The maximum absolute atomic E-state index is 14.0. The van der Waals surface area contributed by atoms with Crippen LogP contribution in [0.15, 0.2) is 41.8 Å². The number of imidazole rings is 1. The number of benzene rings is 1. The Morgan fingerprint density at radius 1 is 1.40 bits per heavy atom. The molecule has 0 saturated heterocycles. The monoisotopic (exact) mass is 368 g/mol. The van der Waals surface area contributed by atoms with Crippen LogP contribution < -0.4 is 10.5 Å². The van der Waals surface area contributed by atoms with Crippen LogP contribution >= 0.6 is 0 Å². The minimum atomic E-state index is -4.03. The van der Waals surface area contributed by atoms with Crippen LogP contribution in [-0.2, 0) is 16.6 Å². The number of hydrogen-bond donors (Lipinski definition) is 2. The van der Waals surface area contributed by atoms with Crippen molar-refractivity contribution in [3.63, 3.8) is 0 Å². The molecule has 25 heavy (non-hydrogen) atoms. The van der Waals surface area contributed by atoms with Gasteiger partial charge < -0.3 is 9.88 Å². The molecule has 9 heteroatoms. The van der Waals surface area contributed by atoms with Gasteiger partial charge in [0.15, 0.2) is 0 Å². The van der Waals surface area contributed by atoms with Gasteiger partial charge in [-0.15, -0.1) is 0 Å². The summed E-state index contributed by atoms with van der Waals surface area (Å²) in [5.74, 6) is -1.52. The molecule has 1 unspecified atom stereocenters. The first kappa shape index (κ1) is 19.1. The molecule has 0 radical (unpaired) electrons. The summed E-state index contributed by atoms with van der Waals surface area (Å²) in [4.78, 5) is 16.2. The topological polar surface area (TPSA) is 107 Å². The third-order valence-corrected chi connectivity index (χ3v) is 4.73. The van der Waals surface area contributed by atoms with E-state index in [0.717, 1.165) is 18.2 Å². The van der Waals surface area contributed by atoms with Crippen molar-refractivity contribution in [1.82, 2.24) is 14.9 Å². The second-order valence-electron chi connectivity index (χ2n) is 6.84. The van der Waals surface area contributed by atoms with Crippen LogP contribution in [-0.4, -0.2) is 29.9 Å². The second-order valence-corrected chi connectivity index (χ2v) is 8.40. The van der Waals surface area contributed by atoms with E-state index in [0.29, 0.717) is 6.54 Å². The van der Waals surface area contributed by atoms with Crippen molar-refractivity contribution in [2.45, 2.75) is 38.3 Å². The van der Waals surface area contributed by atoms with Gasteiger partial charge in [-0.2, -0.15) is 0 Å². The van der Waals surface area contributed by atoms with Crippen LogP contribution in [0.4, 0.5) is 4.39 Å². The summed E-state index contributed by atoms with van der Waals surface area (Å²) in [6.07, 6.45) is 5.00. The molecule has 7 nitrogen and oxygen atoms in total. The fourth-order valence-electron chi connectivity index (χ4n) is 2.23. The number of hydrogen-bond acceptors (Lipinski definition) is 4. The van der Waals surface area contributed by atoms with E-state index in [1.54, 1.807) is 23.3 Å². The third kappa shape index (κ3) is 4.86. The lowest BCUT2D eigenvalue weighted by atomic mass is 9.86. The number of rotatable bonds is 5. The zero-order chi connectivity index (χ0) is 18.8. The van der Waals surface area contributed by atoms with Crippen LogP contribution in [0.1, 0.15) is 31.1 Å². The smallest absolute Gasteiger partial charge is 0.254 e. The summed E-state index contributed by atoms with van der Waals surface area (Å²) in [5, 5.41) is 7.81. The number of halogens is 1. The molecule has 0 aliphatic rings. The highest BCUT2D eigenvalue weighted by Crippen LogP contribution is 2.22. The maximum atomic E-state index is 14.0. The Morgan fingerprint density at radius 3 is 2.60 bits per heavy atom. The SMILES string of the molecule is CC(C)(C)C(Cn1ccnc1)NC(=O)c1cc(S(N)(=O)=O)ccc1F. The molecule has 0 aliphatic carbocycles. The van der Waals surface area contributed by atoms with E-state index in [-0.39, 0.29) is 21.9 Å². The standard InChI is InChI=1S/C16H21FN4O3S/c1-16(2,3)14(9-21-7-6-19-10-21)20-15(22)12-8-11(25(18,23)24)4-5-13(12)17/h4-8,10,14H,9H2,1-3H3,(H,20,22)(H2,18,23,24). The molecule has 0 fully saturated rings. The number of aromatic nitrogens is 2. The van der Waals surface area contributed by atoms with Crippen LogP contribution in [0, 0.1) is 11.2 Å². The lowest BCUT2D eigenvalue weighted by Gasteiger charge is -2.32. The minimum absolute atomic E-state index is 0.319. The summed E-state index contributed by atoms with van der Waals surface area (Å²) in [6.45, 7) is 6.25. The van der Waals surface area contributed by atoms with Crippen LogP contribution in [0.3, 0.4) is 0 Å². The molecule has 1 atom stereocenters. The fourth-order valence-corrected chi connectivity index (χ4v) is 2.77. The van der Waals surface area contributed by atoms with Gasteiger partial charge in [-0.05, 0) is 23.6 Å². The summed E-state index contributed by atoms with van der Waals surface area (Å²) >= 11 is 0. The Balaban J connectivity index is 2.29. The number of primary sulfonamides is 1. The Morgan fingerprint density at radius 2 is 2.08 bits per heavy atom. The van der Waals surface area contributed by atoms with Gasteiger partial charge in [0.25, 0.3) is 5.91 Å². The van der Waals surface area contributed by atoms with Gasteiger partial charge in [-0.1, -0.05) is 20.8 Å². The van der Waals surface area contributed by atoms with Crippen LogP contribution in [0.5, 0.6) is 0 Å². The maximum Gasteiger partial charge on any atom is 0.254 e. The Labute approximate surface area is 146 Å². The average molecular weight is 368 g/mol. The van der Waals surface area contributed by atoms with E-state index < -0.39 is 21.7 Å². The molecule has 1 aromatic carbocycles. The van der Waals surface area contributed by atoms with Crippen LogP contribution in [0.2, 0.25) is 0 Å². The zero-order valence-corrected chi connectivity index (χ0v) is 15.0. The molecule has 136 valence electrons. The molecule has 0 bridgehead atoms. The van der Waals surface area contributed by atoms with Crippen molar-refractivity contribution in [2.24, 2.45) is 10.6 Å². The molecule has 0 saturated carbocycles. The van der Waals surface area contributed by atoms with Gasteiger partial charge in [0.2, 0.25) is 10.0 Å². The number of sulfonamides is 1. The lowest BCUT2D eigenvalue weighted by Crippen LogP contribution is -2.46. The predicted molar refractivity (Wildman–Crippen MR) is 90.7 cm³/mol. The van der Waals surface area contributed by atoms with E-state index in [4.69, 9.17) is 5.14 Å². The Hall–Kier alpha value is -2.26. The fraction of sp³-hybridized carbons (Fsp3) is 0.375. The van der Waals surface area contributed by atoms with E-state index in [9.17, 15) is 17.6 Å². The largest absolute Gasteiger partial charge is 0.347 e. The number of carbonyl (C=O) groups excluding carboxylic acids is 1. The Bertz CT molecular complexity index is 858. The highest BCUT2D eigenvalue weighted by Gasteiger charge is 2.28. The molecule has 2 rings (SSSR count). The first-order chi connectivity index (χ1) is 11.5. The highest BCUT2D eigenvalue weighted by atomic mass is 32.2. The molecule has 1 heterocycles. The quantitative estimate of drug-likeness (QED) is 0.834. The highest BCUT2D eigenvalue weighted by molar-refractivity contribution is 7.89. The van der Waals surface area contributed by atoms with Gasteiger partial charge >= 0.3 is 0 Å². The van der Waals surface area contributed by atoms with Gasteiger partial charge in [0.1, 0.15) is 5.82 Å². The average Bonchev–Trinajstić information content (AvgIpc) is 2.97. The summed E-state index contributed by atoms with van der Waals surface area (Å²) in [5.41, 5.74) is -0.695. The lowest BCUT2D eigenvalue weighted by molar-refractivity contribution is 0.0888. The molecular weight excluding hydrogens is 347 g/mol. The van der Waals surface area contributed by atoms with E-state index in [1.165, 1.54) is 0 Å². The number of nitrogens with two attached hydrogens (primary N) is 1. The third-order valence-electron chi connectivity index (χ3n) is 3.81. The Kier molecular flexibility index (Phi) is 5.28. The first-order valence-electron chi connectivity index (χ1n) is 7.57. The van der Waals surface area contributed by atoms with E-state index >= 15 is 0 Å². The predicted octanol–water partition coefficient (Wildman–Crippen LogP) is 1.51. The summed E-state index contributed by atoms with van der Waals surface area (Å²) in [6, 6.07) is 2.54. The second kappa shape index (κ2) is 6.93. The molecule has 3 N–H and O–H groups in total. The normalized spacial score (nSPS) is 13.5. The molecule has 1 aromatic heterocycles. The van der Waals surface area contributed by atoms with Crippen molar-refractivity contribution in [1.29, 1.82) is 0 Å². The molecule has 0 aliphatic heterocycles.